The monoisotopic (exact) mass is 193 g/mol. The summed E-state index contributed by atoms with van der Waals surface area (Å²) in [5.74, 6) is -0.112. The van der Waals surface area contributed by atoms with Crippen molar-refractivity contribution in [2.45, 2.75) is 13.3 Å². The van der Waals surface area contributed by atoms with E-state index >= 15 is 0 Å². The molecule has 0 aliphatic carbocycles. The number of carbonyl (C=O) groups excluding carboxylic acids is 1. The maximum absolute atomic E-state index is 10.6. The van der Waals surface area contributed by atoms with Gasteiger partial charge >= 0.3 is 0 Å². The topological polar surface area (TPSA) is 58.4 Å². The minimum Gasteiger partial charge on any atom is -0.369 e. The zero-order valence-corrected chi connectivity index (χ0v) is 8.06. The molecular weight excluding hydrogens is 178 g/mol. The molecule has 0 unspecified atom stereocenters. The van der Waals surface area contributed by atoms with Crippen LogP contribution in [0.2, 0.25) is 0 Å². The number of hydrogen-bond donors (Lipinski definition) is 2. The molecule has 0 radical (unpaired) electrons. The summed E-state index contributed by atoms with van der Waals surface area (Å²) < 4.78 is 0. The maximum Gasteiger partial charge on any atom is 0.223 e. The zero-order chi connectivity index (χ0) is 8.27. The fourth-order valence-corrected chi connectivity index (χ4v) is 1.06. The van der Waals surface area contributed by atoms with Crippen LogP contribution in [0, 0.1) is 5.92 Å². The van der Waals surface area contributed by atoms with Crippen molar-refractivity contribution in [2.75, 3.05) is 19.6 Å². The summed E-state index contributed by atoms with van der Waals surface area (Å²) >= 11 is 0. The third-order valence-electron chi connectivity index (χ3n) is 1.87. The molecule has 0 aromatic carbocycles. The number of amides is 1. The molecule has 0 bridgehead atoms. The van der Waals surface area contributed by atoms with Gasteiger partial charge in [-0.1, -0.05) is 6.92 Å². The second kappa shape index (κ2) is 5.35. The average molecular weight is 194 g/mol. The molecule has 0 aromatic rings. The van der Waals surface area contributed by atoms with E-state index in [1.165, 1.54) is 0 Å². The molecule has 3 N–H and O–H groups in total. The Bertz CT molecular complexity index is 148. The fraction of sp³-hybridized carbons (Fsp3) is 0.857. The first-order chi connectivity index (χ1) is 5.24. The molecule has 12 heavy (non-hydrogen) atoms. The lowest BCUT2D eigenvalue weighted by molar-refractivity contribution is -0.128. The van der Waals surface area contributed by atoms with E-state index in [4.69, 9.17) is 5.73 Å². The normalized spacial score (nSPS) is 18.1. The first-order valence-corrected chi connectivity index (χ1v) is 4.01. The minimum atomic E-state index is -0.181. The van der Waals surface area contributed by atoms with Gasteiger partial charge in [0.15, 0.2) is 0 Å². The molecule has 1 heterocycles. The molecule has 1 rings (SSSR count). The standard InChI is InChI=1S/C7H15N3O.ClH/c1-2-3-9-10-4-6(5-10)7(8)11;/h6,9H,2-5H2,1H3,(H2,8,11);1H. The first-order valence-electron chi connectivity index (χ1n) is 4.01. The van der Waals surface area contributed by atoms with E-state index in [-0.39, 0.29) is 24.2 Å². The highest BCUT2D eigenvalue weighted by molar-refractivity contribution is 5.85. The van der Waals surface area contributed by atoms with E-state index < -0.39 is 0 Å². The smallest absolute Gasteiger partial charge is 0.223 e. The highest BCUT2D eigenvalue weighted by Gasteiger charge is 2.30. The number of hydrazine groups is 1. The lowest BCUT2D eigenvalue weighted by Gasteiger charge is -2.37. The van der Waals surface area contributed by atoms with Crippen LogP contribution in [-0.2, 0) is 4.79 Å². The molecule has 72 valence electrons. The number of nitrogens with one attached hydrogen (secondary N) is 1. The fourth-order valence-electron chi connectivity index (χ4n) is 1.06. The van der Waals surface area contributed by atoms with Gasteiger partial charge in [0.25, 0.3) is 0 Å². The van der Waals surface area contributed by atoms with Crippen molar-refractivity contribution in [1.29, 1.82) is 0 Å². The quantitative estimate of drug-likeness (QED) is 0.647. The molecule has 0 aromatic heterocycles. The third-order valence-corrected chi connectivity index (χ3v) is 1.87. The Morgan fingerprint density at radius 2 is 2.25 bits per heavy atom. The summed E-state index contributed by atoms with van der Waals surface area (Å²) in [5, 5.41) is 2.03. The van der Waals surface area contributed by atoms with Gasteiger partial charge in [0, 0.05) is 19.6 Å². The molecule has 1 amide bonds. The summed E-state index contributed by atoms with van der Waals surface area (Å²) in [5.41, 5.74) is 8.27. The molecule has 4 nitrogen and oxygen atoms in total. The van der Waals surface area contributed by atoms with Crippen LogP contribution >= 0.6 is 12.4 Å². The van der Waals surface area contributed by atoms with Crippen molar-refractivity contribution < 1.29 is 4.79 Å². The average Bonchev–Trinajstić information content (AvgIpc) is 1.84. The van der Waals surface area contributed by atoms with Gasteiger partial charge in [0.1, 0.15) is 0 Å². The van der Waals surface area contributed by atoms with Crippen molar-refractivity contribution in [2.24, 2.45) is 11.7 Å². The molecule has 1 fully saturated rings. The van der Waals surface area contributed by atoms with Crippen LogP contribution in [0.25, 0.3) is 0 Å². The number of rotatable bonds is 4. The predicted octanol–water partition coefficient (Wildman–Crippen LogP) is -0.260. The van der Waals surface area contributed by atoms with Crippen LogP contribution in [0.4, 0.5) is 0 Å². The SMILES string of the molecule is CCCNN1CC(C(N)=O)C1.Cl. The lowest BCUT2D eigenvalue weighted by atomic mass is 10.0. The van der Waals surface area contributed by atoms with Gasteiger partial charge in [-0.2, -0.15) is 0 Å². The van der Waals surface area contributed by atoms with Crippen LogP contribution in [0.1, 0.15) is 13.3 Å². The first kappa shape index (κ1) is 11.7. The molecule has 0 spiro atoms. The lowest BCUT2D eigenvalue weighted by Crippen LogP contribution is -2.58. The van der Waals surface area contributed by atoms with Gasteiger partial charge in [0.05, 0.1) is 5.92 Å². The Balaban J connectivity index is 0.00000121. The van der Waals surface area contributed by atoms with Crippen LogP contribution in [-0.4, -0.2) is 30.6 Å². The third kappa shape index (κ3) is 2.97. The zero-order valence-electron chi connectivity index (χ0n) is 7.25. The Hall–Kier alpha value is -0.320. The van der Waals surface area contributed by atoms with E-state index in [9.17, 15) is 4.79 Å². The molecule has 1 aliphatic rings. The molecule has 0 saturated carbocycles. The minimum absolute atomic E-state index is 0. The number of carbonyl (C=O) groups is 1. The molecule has 0 atom stereocenters. The summed E-state index contributed by atoms with van der Waals surface area (Å²) in [4.78, 5) is 10.6. The van der Waals surface area contributed by atoms with E-state index in [2.05, 4.69) is 12.3 Å². The maximum atomic E-state index is 10.6. The van der Waals surface area contributed by atoms with Crippen molar-refractivity contribution in [3.05, 3.63) is 0 Å². The van der Waals surface area contributed by atoms with E-state index in [0.717, 1.165) is 26.1 Å². The van der Waals surface area contributed by atoms with E-state index in [0.29, 0.717) is 0 Å². The largest absolute Gasteiger partial charge is 0.369 e. The Kier molecular flexibility index (Phi) is 5.20. The number of hydrogen-bond acceptors (Lipinski definition) is 3. The second-order valence-electron chi connectivity index (χ2n) is 2.91. The molecule has 1 aliphatic heterocycles. The van der Waals surface area contributed by atoms with Gasteiger partial charge in [-0.3, -0.25) is 10.2 Å². The Labute approximate surface area is 78.9 Å². The van der Waals surface area contributed by atoms with Crippen LogP contribution in [0.5, 0.6) is 0 Å². The summed E-state index contributed by atoms with van der Waals surface area (Å²) in [7, 11) is 0. The van der Waals surface area contributed by atoms with Gasteiger partial charge < -0.3 is 5.73 Å². The van der Waals surface area contributed by atoms with E-state index in [1.54, 1.807) is 0 Å². The van der Waals surface area contributed by atoms with Crippen molar-refractivity contribution >= 4 is 18.3 Å². The molecule has 1 saturated heterocycles. The van der Waals surface area contributed by atoms with Crippen molar-refractivity contribution in [1.82, 2.24) is 10.4 Å². The number of primary amides is 1. The molecular formula is C7H16ClN3O. The summed E-state index contributed by atoms with van der Waals surface area (Å²) in [6.07, 6.45) is 1.11. The Morgan fingerprint density at radius 3 is 2.67 bits per heavy atom. The van der Waals surface area contributed by atoms with Crippen LogP contribution in [0.15, 0.2) is 0 Å². The number of halogens is 1. The van der Waals surface area contributed by atoms with Gasteiger partial charge in [-0.25, -0.2) is 5.01 Å². The highest BCUT2D eigenvalue weighted by Crippen LogP contribution is 2.10. The second-order valence-corrected chi connectivity index (χ2v) is 2.91. The van der Waals surface area contributed by atoms with Gasteiger partial charge in [-0.15, -0.1) is 12.4 Å². The molecule has 5 heteroatoms. The number of nitrogens with two attached hydrogens (primary N) is 1. The summed E-state index contributed by atoms with van der Waals surface area (Å²) in [6.45, 7) is 4.63. The van der Waals surface area contributed by atoms with E-state index in [1.807, 2.05) is 5.01 Å². The Morgan fingerprint density at radius 1 is 1.67 bits per heavy atom. The highest BCUT2D eigenvalue weighted by atomic mass is 35.5. The van der Waals surface area contributed by atoms with Gasteiger partial charge in [0.2, 0.25) is 5.91 Å². The summed E-state index contributed by atoms with van der Waals surface area (Å²) in [6, 6.07) is 0. The van der Waals surface area contributed by atoms with Crippen molar-refractivity contribution in [3.63, 3.8) is 0 Å². The van der Waals surface area contributed by atoms with Crippen molar-refractivity contribution in [3.8, 4) is 0 Å². The van der Waals surface area contributed by atoms with Crippen LogP contribution < -0.4 is 11.2 Å². The van der Waals surface area contributed by atoms with Crippen LogP contribution in [0.3, 0.4) is 0 Å². The predicted molar refractivity (Wildman–Crippen MR) is 49.8 cm³/mol. The number of nitrogens with zero attached hydrogens (tertiary/aromatic N) is 1. The van der Waals surface area contributed by atoms with Gasteiger partial charge in [-0.05, 0) is 6.42 Å².